The molecule has 0 spiro atoms. The van der Waals surface area contributed by atoms with E-state index in [0.29, 0.717) is 18.0 Å². The SMILES string of the molecule is CN1CCCC(N(C)C(=O)CCC2CCC(N)CC2)C1. The fourth-order valence-electron chi connectivity index (χ4n) is 3.64. The lowest BCUT2D eigenvalue weighted by Gasteiger charge is -2.36. The second-order valence-corrected chi connectivity index (χ2v) is 6.88. The normalized spacial score (nSPS) is 32.0. The number of amides is 1. The summed E-state index contributed by atoms with van der Waals surface area (Å²) < 4.78 is 0. The highest BCUT2D eigenvalue weighted by Gasteiger charge is 2.25. The van der Waals surface area contributed by atoms with Gasteiger partial charge in [-0.2, -0.15) is 0 Å². The van der Waals surface area contributed by atoms with E-state index in [1.165, 1.54) is 25.8 Å². The summed E-state index contributed by atoms with van der Waals surface area (Å²) in [4.78, 5) is 16.7. The molecule has 0 aromatic heterocycles. The number of piperidine rings is 1. The molecule has 4 nitrogen and oxygen atoms in total. The molecule has 4 heteroatoms. The van der Waals surface area contributed by atoms with Gasteiger partial charge in [-0.25, -0.2) is 0 Å². The highest BCUT2D eigenvalue weighted by molar-refractivity contribution is 5.76. The Morgan fingerprint density at radius 1 is 1.25 bits per heavy atom. The van der Waals surface area contributed by atoms with Crippen molar-refractivity contribution in [1.82, 2.24) is 9.80 Å². The molecule has 20 heavy (non-hydrogen) atoms. The first-order valence-corrected chi connectivity index (χ1v) is 8.26. The molecule has 0 aromatic rings. The molecule has 1 atom stereocenters. The number of carbonyl (C=O) groups excluding carboxylic acids is 1. The molecule has 1 aliphatic carbocycles. The van der Waals surface area contributed by atoms with Crippen LogP contribution in [0.2, 0.25) is 0 Å². The van der Waals surface area contributed by atoms with Gasteiger partial charge in [0.15, 0.2) is 0 Å². The molecule has 0 radical (unpaired) electrons. The van der Waals surface area contributed by atoms with Crippen molar-refractivity contribution in [3.05, 3.63) is 0 Å². The van der Waals surface area contributed by atoms with Crippen LogP contribution in [0.15, 0.2) is 0 Å². The maximum Gasteiger partial charge on any atom is 0.222 e. The molecule has 116 valence electrons. The smallest absolute Gasteiger partial charge is 0.222 e. The zero-order valence-corrected chi connectivity index (χ0v) is 13.2. The molecular weight excluding hydrogens is 250 g/mol. The van der Waals surface area contributed by atoms with Crippen molar-refractivity contribution in [2.45, 2.75) is 63.5 Å². The molecule has 1 saturated carbocycles. The van der Waals surface area contributed by atoms with Crippen molar-refractivity contribution in [2.24, 2.45) is 11.7 Å². The van der Waals surface area contributed by atoms with Crippen molar-refractivity contribution < 1.29 is 4.79 Å². The number of hydrogen-bond donors (Lipinski definition) is 1. The van der Waals surface area contributed by atoms with Gasteiger partial charge in [0.1, 0.15) is 0 Å². The minimum atomic E-state index is 0.333. The van der Waals surface area contributed by atoms with E-state index in [9.17, 15) is 4.79 Å². The third-order valence-corrected chi connectivity index (χ3v) is 5.20. The van der Waals surface area contributed by atoms with Crippen LogP contribution in [0, 0.1) is 5.92 Å². The lowest BCUT2D eigenvalue weighted by Crippen LogP contribution is -2.47. The molecule has 0 bridgehead atoms. The molecule has 1 unspecified atom stereocenters. The van der Waals surface area contributed by atoms with Gasteiger partial charge in [-0.05, 0) is 64.5 Å². The van der Waals surface area contributed by atoms with Gasteiger partial charge >= 0.3 is 0 Å². The Hall–Kier alpha value is -0.610. The van der Waals surface area contributed by atoms with Crippen molar-refractivity contribution in [3.63, 3.8) is 0 Å². The summed E-state index contributed by atoms with van der Waals surface area (Å²) in [5.74, 6) is 1.06. The number of likely N-dealkylation sites (N-methyl/N-ethyl adjacent to an activating group) is 2. The first-order chi connectivity index (χ1) is 9.56. The van der Waals surface area contributed by atoms with E-state index in [1.54, 1.807) is 0 Å². The number of likely N-dealkylation sites (tertiary alicyclic amines) is 1. The van der Waals surface area contributed by atoms with Crippen LogP contribution in [0.3, 0.4) is 0 Å². The van der Waals surface area contributed by atoms with Gasteiger partial charge in [-0.15, -0.1) is 0 Å². The molecule has 2 aliphatic rings. The van der Waals surface area contributed by atoms with Gasteiger partial charge in [-0.3, -0.25) is 4.79 Å². The van der Waals surface area contributed by atoms with Gasteiger partial charge < -0.3 is 15.5 Å². The fourth-order valence-corrected chi connectivity index (χ4v) is 3.64. The third-order valence-electron chi connectivity index (χ3n) is 5.20. The molecule has 2 rings (SSSR count). The summed E-state index contributed by atoms with van der Waals surface area (Å²) in [6.45, 7) is 2.20. The van der Waals surface area contributed by atoms with Crippen LogP contribution in [0.1, 0.15) is 51.4 Å². The van der Waals surface area contributed by atoms with Crippen LogP contribution < -0.4 is 5.73 Å². The van der Waals surface area contributed by atoms with E-state index in [1.807, 2.05) is 11.9 Å². The standard InChI is InChI=1S/C16H31N3O/c1-18-11-3-4-15(12-18)19(2)16(20)10-7-13-5-8-14(17)9-6-13/h13-15H,3-12,17H2,1-2H3. The van der Waals surface area contributed by atoms with Gasteiger partial charge in [-0.1, -0.05) is 0 Å². The first-order valence-electron chi connectivity index (χ1n) is 8.26. The van der Waals surface area contributed by atoms with Crippen LogP contribution in [-0.2, 0) is 4.79 Å². The number of nitrogens with two attached hydrogens (primary N) is 1. The number of hydrogen-bond acceptors (Lipinski definition) is 3. The van der Waals surface area contributed by atoms with Gasteiger partial charge in [0, 0.05) is 32.1 Å². The highest BCUT2D eigenvalue weighted by Crippen LogP contribution is 2.27. The zero-order chi connectivity index (χ0) is 14.5. The lowest BCUT2D eigenvalue weighted by molar-refractivity contribution is -0.133. The number of rotatable bonds is 4. The molecule has 2 fully saturated rings. The Bertz CT molecular complexity index is 313. The summed E-state index contributed by atoms with van der Waals surface area (Å²) >= 11 is 0. The van der Waals surface area contributed by atoms with Crippen LogP contribution in [-0.4, -0.2) is 55.0 Å². The van der Waals surface area contributed by atoms with E-state index < -0.39 is 0 Å². The van der Waals surface area contributed by atoms with Crippen LogP contribution >= 0.6 is 0 Å². The van der Waals surface area contributed by atoms with Crippen LogP contribution in [0.25, 0.3) is 0 Å². The number of carbonyl (C=O) groups is 1. The van der Waals surface area contributed by atoms with Crippen molar-refractivity contribution >= 4 is 5.91 Å². The average molecular weight is 281 g/mol. The zero-order valence-electron chi connectivity index (χ0n) is 13.2. The summed E-state index contributed by atoms with van der Waals surface area (Å²) in [5.41, 5.74) is 5.93. The molecule has 0 aromatic carbocycles. The molecule has 1 saturated heterocycles. The Morgan fingerprint density at radius 2 is 1.95 bits per heavy atom. The summed E-state index contributed by atoms with van der Waals surface area (Å²) in [5, 5.41) is 0. The van der Waals surface area contributed by atoms with Crippen LogP contribution in [0.4, 0.5) is 0 Å². The van der Waals surface area contributed by atoms with Gasteiger partial charge in [0.2, 0.25) is 5.91 Å². The van der Waals surface area contributed by atoms with Gasteiger partial charge in [0.05, 0.1) is 0 Å². The van der Waals surface area contributed by atoms with E-state index in [2.05, 4.69) is 11.9 Å². The monoisotopic (exact) mass is 281 g/mol. The van der Waals surface area contributed by atoms with Crippen LogP contribution in [0.5, 0.6) is 0 Å². The first kappa shape index (κ1) is 15.8. The maximum atomic E-state index is 12.3. The highest BCUT2D eigenvalue weighted by atomic mass is 16.2. The Kier molecular flexibility index (Phi) is 5.85. The summed E-state index contributed by atoms with van der Waals surface area (Å²) in [7, 11) is 4.14. The van der Waals surface area contributed by atoms with E-state index in [0.717, 1.165) is 44.6 Å². The van der Waals surface area contributed by atoms with Crippen molar-refractivity contribution in [3.8, 4) is 0 Å². The average Bonchev–Trinajstić information content (AvgIpc) is 2.45. The second kappa shape index (κ2) is 7.41. The summed E-state index contributed by atoms with van der Waals surface area (Å²) in [6.07, 6.45) is 8.85. The Morgan fingerprint density at radius 3 is 2.60 bits per heavy atom. The predicted molar refractivity (Wildman–Crippen MR) is 82.5 cm³/mol. The third kappa shape index (κ3) is 4.45. The van der Waals surface area contributed by atoms with Crippen molar-refractivity contribution in [1.29, 1.82) is 0 Å². The van der Waals surface area contributed by atoms with E-state index in [-0.39, 0.29) is 0 Å². The summed E-state index contributed by atoms with van der Waals surface area (Å²) in [6, 6.07) is 0.823. The molecule has 1 heterocycles. The van der Waals surface area contributed by atoms with E-state index >= 15 is 0 Å². The van der Waals surface area contributed by atoms with Gasteiger partial charge in [0.25, 0.3) is 0 Å². The molecule has 1 amide bonds. The number of nitrogens with zero attached hydrogens (tertiary/aromatic N) is 2. The quantitative estimate of drug-likeness (QED) is 0.855. The fraction of sp³-hybridized carbons (Fsp3) is 0.938. The molecular formula is C16H31N3O. The molecule has 2 N–H and O–H groups in total. The lowest BCUT2D eigenvalue weighted by atomic mass is 9.83. The van der Waals surface area contributed by atoms with Crippen molar-refractivity contribution in [2.75, 3.05) is 27.2 Å². The second-order valence-electron chi connectivity index (χ2n) is 6.88. The van der Waals surface area contributed by atoms with E-state index in [4.69, 9.17) is 5.73 Å². The topological polar surface area (TPSA) is 49.6 Å². The Balaban J connectivity index is 1.71. The largest absolute Gasteiger partial charge is 0.341 e. The minimum Gasteiger partial charge on any atom is -0.341 e. The molecule has 1 aliphatic heterocycles. The minimum absolute atomic E-state index is 0.333. The maximum absolute atomic E-state index is 12.3. The Labute approximate surface area is 123 Å². The predicted octanol–water partition coefficient (Wildman–Crippen LogP) is 1.84.